The van der Waals surface area contributed by atoms with E-state index in [-0.39, 0.29) is 5.69 Å². The number of rotatable bonds is 3. The van der Waals surface area contributed by atoms with E-state index < -0.39 is 4.92 Å². The van der Waals surface area contributed by atoms with Gasteiger partial charge in [0.05, 0.1) is 9.95 Å². The Morgan fingerprint density at radius 2 is 1.89 bits per heavy atom. The van der Waals surface area contributed by atoms with Gasteiger partial charge in [0.1, 0.15) is 12.0 Å². The molecule has 1 aromatic heterocycles. The van der Waals surface area contributed by atoms with Gasteiger partial charge in [0, 0.05) is 12.1 Å². The molecule has 6 heteroatoms. The summed E-state index contributed by atoms with van der Waals surface area (Å²) in [5.41, 5.74) is -0.0757. The Hall–Kier alpha value is -1.36. The van der Waals surface area contributed by atoms with Crippen molar-refractivity contribution in [3.8, 4) is 0 Å². The molecule has 0 aliphatic heterocycles. The van der Waals surface area contributed by atoms with Crippen LogP contribution in [0.4, 0.5) is 11.5 Å². The van der Waals surface area contributed by atoms with Gasteiger partial charge in [-0.1, -0.05) is 43.7 Å². The number of anilines is 1. The van der Waals surface area contributed by atoms with Crippen LogP contribution < -0.4 is 5.32 Å². The van der Waals surface area contributed by atoms with Gasteiger partial charge in [0.15, 0.2) is 0 Å². The summed E-state index contributed by atoms with van der Waals surface area (Å²) in [4.78, 5) is 14.2. The maximum atomic E-state index is 10.6. The van der Waals surface area contributed by atoms with Gasteiger partial charge < -0.3 is 5.32 Å². The van der Waals surface area contributed by atoms with Gasteiger partial charge in [-0.25, -0.2) is 4.98 Å². The van der Waals surface area contributed by atoms with Crippen molar-refractivity contribution in [1.29, 1.82) is 0 Å². The molecule has 0 spiro atoms. The van der Waals surface area contributed by atoms with Crippen LogP contribution in [-0.2, 0) is 0 Å². The highest BCUT2D eigenvalue weighted by Crippen LogP contribution is 2.27. The van der Waals surface area contributed by atoms with E-state index in [0.717, 1.165) is 12.8 Å². The smallest absolute Gasteiger partial charge is 0.289 e. The molecule has 5 nitrogen and oxygen atoms in total. The first-order valence-electron chi connectivity index (χ1n) is 6.73. The van der Waals surface area contributed by atoms with E-state index in [1.807, 2.05) is 0 Å². The monoisotopic (exact) mass is 283 g/mol. The molecular formula is C13H18ClN3O2. The van der Waals surface area contributed by atoms with E-state index >= 15 is 0 Å². The van der Waals surface area contributed by atoms with Crippen LogP contribution in [-0.4, -0.2) is 15.9 Å². The predicted octanol–water partition coefficient (Wildman–Crippen LogP) is 4.17. The zero-order chi connectivity index (χ0) is 13.7. The molecule has 0 amide bonds. The molecule has 0 saturated heterocycles. The minimum Gasteiger partial charge on any atom is -0.366 e. The van der Waals surface area contributed by atoms with Gasteiger partial charge in [-0.3, -0.25) is 10.1 Å². The molecule has 2 rings (SSSR count). The molecule has 1 aromatic rings. The largest absolute Gasteiger partial charge is 0.366 e. The van der Waals surface area contributed by atoms with E-state index in [9.17, 15) is 10.1 Å². The fraction of sp³-hybridized carbons (Fsp3) is 0.615. The molecule has 1 aliphatic rings. The third-order valence-electron chi connectivity index (χ3n) is 3.48. The van der Waals surface area contributed by atoms with Crippen molar-refractivity contribution < 1.29 is 4.92 Å². The first kappa shape index (κ1) is 14.1. The van der Waals surface area contributed by atoms with E-state index in [2.05, 4.69) is 10.3 Å². The lowest BCUT2D eigenvalue weighted by Gasteiger charge is -2.21. The van der Waals surface area contributed by atoms with Crippen LogP contribution in [0.15, 0.2) is 12.3 Å². The summed E-state index contributed by atoms with van der Waals surface area (Å²) in [6, 6.07) is 1.71. The molecular weight excluding hydrogens is 266 g/mol. The number of halogens is 1. The van der Waals surface area contributed by atoms with E-state index in [0.29, 0.717) is 16.9 Å². The van der Waals surface area contributed by atoms with Crippen molar-refractivity contribution in [3.05, 3.63) is 27.4 Å². The second-order valence-electron chi connectivity index (χ2n) is 4.97. The number of aromatic nitrogens is 1. The van der Waals surface area contributed by atoms with Crippen molar-refractivity contribution in [3.63, 3.8) is 0 Å². The van der Waals surface area contributed by atoms with Crippen LogP contribution in [0.3, 0.4) is 0 Å². The molecule has 0 aromatic carbocycles. The molecule has 1 N–H and O–H groups in total. The summed E-state index contributed by atoms with van der Waals surface area (Å²) < 4.78 is 0. The quantitative estimate of drug-likeness (QED) is 0.668. The summed E-state index contributed by atoms with van der Waals surface area (Å²) in [5, 5.41) is 14.3. The van der Waals surface area contributed by atoms with Gasteiger partial charge in [-0.15, -0.1) is 0 Å². The topological polar surface area (TPSA) is 68.1 Å². The Morgan fingerprint density at radius 1 is 1.26 bits per heavy atom. The van der Waals surface area contributed by atoms with E-state index in [1.165, 1.54) is 44.4 Å². The number of nitro groups is 1. The standard InChI is InChI=1S/C13H18ClN3O2/c14-12-8-11(17(18)19)9-15-13(12)16-10-6-4-2-1-3-5-7-10/h8-10H,1-7H2,(H,15,16). The summed E-state index contributed by atoms with van der Waals surface area (Å²) in [6.45, 7) is 0. The van der Waals surface area contributed by atoms with Crippen molar-refractivity contribution in [2.45, 2.75) is 51.0 Å². The lowest BCUT2D eigenvalue weighted by Crippen LogP contribution is -2.21. The Labute approximate surface area is 117 Å². The van der Waals surface area contributed by atoms with Crippen molar-refractivity contribution in [1.82, 2.24) is 4.98 Å². The van der Waals surface area contributed by atoms with Crippen LogP contribution >= 0.6 is 11.6 Å². The zero-order valence-electron chi connectivity index (χ0n) is 10.8. The highest BCUT2D eigenvalue weighted by Gasteiger charge is 2.15. The summed E-state index contributed by atoms with van der Waals surface area (Å²) >= 11 is 6.04. The minimum absolute atomic E-state index is 0.0757. The second-order valence-corrected chi connectivity index (χ2v) is 5.37. The number of pyridine rings is 1. The maximum Gasteiger partial charge on any atom is 0.289 e. The predicted molar refractivity (Wildman–Crippen MR) is 75.6 cm³/mol. The first-order chi connectivity index (χ1) is 9.16. The van der Waals surface area contributed by atoms with Crippen LogP contribution in [0.2, 0.25) is 5.02 Å². The Kier molecular flexibility index (Phi) is 4.96. The summed E-state index contributed by atoms with van der Waals surface area (Å²) in [7, 11) is 0. The van der Waals surface area contributed by atoms with Crippen molar-refractivity contribution in [2.24, 2.45) is 0 Å². The molecule has 1 fully saturated rings. The molecule has 0 bridgehead atoms. The van der Waals surface area contributed by atoms with Crippen LogP contribution in [0.5, 0.6) is 0 Å². The molecule has 0 radical (unpaired) electrons. The average molecular weight is 284 g/mol. The minimum atomic E-state index is -0.488. The lowest BCUT2D eigenvalue weighted by molar-refractivity contribution is -0.385. The van der Waals surface area contributed by atoms with Crippen LogP contribution in [0, 0.1) is 10.1 Å². The van der Waals surface area contributed by atoms with E-state index in [1.54, 1.807) is 0 Å². The van der Waals surface area contributed by atoms with Gasteiger partial charge in [0.25, 0.3) is 5.69 Å². The summed E-state index contributed by atoms with van der Waals surface area (Å²) in [6.07, 6.45) is 9.76. The zero-order valence-corrected chi connectivity index (χ0v) is 11.5. The number of hydrogen-bond donors (Lipinski definition) is 1. The van der Waals surface area contributed by atoms with E-state index in [4.69, 9.17) is 11.6 Å². The maximum absolute atomic E-state index is 10.6. The van der Waals surface area contributed by atoms with Crippen molar-refractivity contribution >= 4 is 23.1 Å². The fourth-order valence-electron chi connectivity index (χ4n) is 2.43. The summed E-state index contributed by atoms with van der Waals surface area (Å²) in [5.74, 6) is 0.554. The van der Waals surface area contributed by atoms with Crippen LogP contribution in [0.25, 0.3) is 0 Å². The van der Waals surface area contributed by atoms with Gasteiger partial charge in [0.2, 0.25) is 0 Å². The average Bonchev–Trinajstić information content (AvgIpc) is 2.34. The third kappa shape index (κ3) is 4.06. The molecule has 0 unspecified atom stereocenters. The van der Waals surface area contributed by atoms with Gasteiger partial charge in [-0.05, 0) is 12.8 Å². The molecule has 1 saturated carbocycles. The number of nitrogens with zero attached hydrogens (tertiary/aromatic N) is 2. The number of nitrogens with one attached hydrogen (secondary N) is 1. The van der Waals surface area contributed by atoms with Gasteiger partial charge >= 0.3 is 0 Å². The third-order valence-corrected chi connectivity index (χ3v) is 3.77. The fourth-order valence-corrected chi connectivity index (χ4v) is 2.64. The highest BCUT2D eigenvalue weighted by molar-refractivity contribution is 6.33. The van der Waals surface area contributed by atoms with Crippen LogP contribution in [0.1, 0.15) is 44.9 Å². The Balaban J connectivity index is 2.03. The van der Waals surface area contributed by atoms with Crippen molar-refractivity contribution in [2.75, 3.05) is 5.32 Å². The normalized spacial score (nSPS) is 17.5. The molecule has 104 valence electrons. The lowest BCUT2D eigenvalue weighted by atomic mass is 9.97. The number of hydrogen-bond acceptors (Lipinski definition) is 4. The molecule has 19 heavy (non-hydrogen) atoms. The molecule has 1 heterocycles. The first-order valence-corrected chi connectivity index (χ1v) is 7.11. The van der Waals surface area contributed by atoms with Gasteiger partial charge in [-0.2, -0.15) is 0 Å². The SMILES string of the molecule is O=[N+]([O-])c1cnc(NC2CCCCCCC2)c(Cl)c1. The Bertz CT molecular complexity index is 446. The Morgan fingerprint density at radius 3 is 2.47 bits per heavy atom. The highest BCUT2D eigenvalue weighted by atomic mass is 35.5. The second kappa shape index (κ2) is 6.70. The molecule has 1 aliphatic carbocycles. The molecule has 0 atom stereocenters.